The number of urea groups is 1. The number of hydrogen-bond acceptors (Lipinski definition) is 4. The van der Waals surface area contributed by atoms with Crippen molar-refractivity contribution in [3.8, 4) is 0 Å². The first-order valence-electron chi connectivity index (χ1n) is 11.0. The number of benzene rings is 2. The standard InChI is InChI=1S/C26H25ClFN3O3/c1-5-10-30-22-13-21(28)16(11-19(22)15(2)14-26(30,3)4)12-20-23(32)29-25(34)31(24(20)33)18-8-6-17(27)7-9-18/h6-9,11-14H,5,10H2,1-4H3,(H,29,32,34)/b20-12-. The number of amides is 4. The van der Waals surface area contributed by atoms with Crippen LogP contribution in [0, 0.1) is 5.82 Å². The summed E-state index contributed by atoms with van der Waals surface area (Å²) in [5, 5.41) is 2.58. The molecule has 0 unspecified atom stereocenters. The second-order valence-corrected chi connectivity index (χ2v) is 9.39. The van der Waals surface area contributed by atoms with E-state index >= 15 is 4.39 Å². The lowest BCUT2D eigenvalue weighted by molar-refractivity contribution is -0.122. The van der Waals surface area contributed by atoms with E-state index in [-0.39, 0.29) is 22.4 Å². The number of imide groups is 2. The minimum absolute atomic E-state index is 0.0894. The van der Waals surface area contributed by atoms with Crippen LogP contribution in [0.2, 0.25) is 5.02 Å². The van der Waals surface area contributed by atoms with Gasteiger partial charge in [-0.2, -0.15) is 0 Å². The van der Waals surface area contributed by atoms with Gasteiger partial charge in [-0.1, -0.05) is 24.6 Å². The first-order valence-corrected chi connectivity index (χ1v) is 11.4. The van der Waals surface area contributed by atoms with E-state index in [1.54, 1.807) is 6.07 Å². The highest BCUT2D eigenvalue weighted by atomic mass is 35.5. The maximum atomic E-state index is 15.3. The summed E-state index contributed by atoms with van der Waals surface area (Å²) in [4.78, 5) is 41.0. The molecule has 1 N–H and O–H groups in total. The molecular weight excluding hydrogens is 457 g/mol. The second kappa shape index (κ2) is 8.72. The van der Waals surface area contributed by atoms with Crippen LogP contribution >= 0.6 is 11.6 Å². The van der Waals surface area contributed by atoms with Crippen LogP contribution in [0.4, 0.5) is 20.6 Å². The third-order valence-corrected chi connectivity index (χ3v) is 6.28. The number of barbiturate groups is 1. The molecule has 8 heteroatoms. The van der Waals surface area contributed by atoms with Gasteiger partial charge in [-0.25, -0.2) is 14.1 Å². The third-order valence-electron chi connectivity index (χ3n) is 6.03. The molecule has 0 bridgehead atoms. The first-order chi connectivity index (χ1) is 16.0. The van der Waals surface area contributed by atoms with Crippen molar-refractivity contribution in [1.82, 2.24) is 5.32 Å². The molecule has 0 atom stereocenters. The highest BCUT2D eigenvalue weighted by molar-refractivity contribution is 6.39. The molecule has 6 nitrogen and oxygen atoms in total. The van der Waals surface area contributed by atoms with Crippen LogP contribution in [0.15, 0.2) is 48.0 Å². The van der Waals surface area contributed by atoms with Crippen LogP contribution in [0.1, 0.15) is 45.2 Å². The van der Waals surface area contributed by atoms with Crippen molar-refractivity contribution in [3.05, 3.63) is 70.0 Å². The van der Waals surface area contributed by atoms with Crippen LogP contribution in [0.3, 0.4) is 0 Å². The average molecular weight is 482 g/mol. The van der Waals surface area contributed by atoms with Gasteiger partial charge in [-0.15, -0.1) is 0 Å². The smallest absolute Gasteiger partial charge is 0.335 e. The summed E-state index contributed by atoms with van der Waals surface area (Å²) in [6.45, 7) is 8.94. The summed E-state index contributed by atoms with van der Waals surface area (Å²) < 4.78 is 15.3. The lowest BCUT2D eigenvalue weighted by Gasteiger charge is -2.43. The number of nitrogens with one attached hydrogen (secondary N) is 1. The Morgan fingerprint density at radius 1 is 1.12 bits per heavy atom. The van der Waals surface area contributed by atoms with E-state index in [1.807, 2.05) is 6.92 Å². The molecule has 0 radical (unpaired) electrons. The fraction of sp³-hybridized carbons (Fsp3) is 0.269. The predicted molar refractivity (Wildman–Crippen MR) is 132 cm³/mol. The van der Waals surface area contributed by atoms with E-state index in [0.29, 0.717) is 5.02 Å². The molecule has 2 aliphatic rings. The van der Waals surface area contributed by atoms with Crippen molar-refractivity contribution in [2.24, 2.45) is 0 Å². The number of nitrogens with zero attached hydrogens (tertiary/aromatic N) is 2. The SMILES string of the molecule is CCCN1c2cc(F)c(/C=C3/C(=O)NC(=O)N(c4ccc(Cl)cc4)C3=O)cc2C(C)=CC1(C)C. The van der Waals surface area contributed by atoms with Crippen molar-refractivity contribution < 1.29 is 18.8 Å². The second-order valence-electron chi connectivity index (χ2n) is 8.96. The number of anilines is 2. The number of carbonyl (C=O) groups excluding carboxylic acids is 3. The molecule has 2 aromatic carbocycles. The van der Waals surface area contributed by atoms with Gasteiger partial charge >= 0.3 is 6.03 Å². The third kappa shape index (κ3) is 4.12. The van der Waals surface area contributed by atoms with E-state index in [4.69, 9.17) is 11.6 Å². The highest BCUT2D eigenvalue weighted by Crippen LogP contribution is 2.40. The van der Waals surface area contributed by atoms with Crippen molar-refractivity contribution in [2.45, 2.75) is 39.7 Å². The van der Waals surface area contributed by atoms with E-state index in [2.05, 4.69) is 37.1 Å². The quantitative estimate of drug-likeness (QED) is 0.458. The number of halogens is 2. The van der Waals surface area contributed by atoms with Crippen LogP contribution in [0.25, 0.3) is 11.6 Å². The maximum Gasteiger partial charge on any atom is 0.335 e. The number of carbonyl (C=O) groups is 3. The minimum Gasteiger partial charge on any atom is -0.362 e. The molecule has 0 aliphatic carbocycles. The molecule has 2 aromatic rings. The summed E-state index contributed by atoms with van der Waals surface area (Å²) in [5.41, 5.74) is 2.29. The summed E-state index contributed by atoms with van der Waals surface area (Å²) in [6, 6.07) is 8.25. The Morgan fingerprint density at radius 3 is 2.44 bits per heavy atom. The van der Waals surface area contributed by atoms with Crippen molar-refractivity contribution in [1.29, 1.82) is 0 Å². The minimum atomic E-state index is -0.878. The summed E-state index contributed by atoms with van der Waals surface area (Å²) in [5.74, 6) is -2.28. The Morgan fingerprint density at radius 2 is 1.79 bits per heavy atom. The van der Waals surface area contributed by atoms with Gasteiger partial charge in [0.05, 0.1) is 11.2 Å². The van der Waals surface area contributed by atoms with E-state index < -0.39 is 23.7 Å². The maximum absolute atomic E-state index is 15.3. The molecular formula is C26H25ClFN3O3. The van der Waals surface area contributed by atoms with Crippen LogP contribution in [-0.2, 0) is 9.59 Å². The topological polar surface area (TPSA) is 69.7 Å². The van der Waals surface area contributed by atoms with Crippen LogP contribution < -0.4 is 15.1 Å². The molecule has 1 saturated heterocycles. The Labute approximate surface area is 202 Å². The zero-order valence-corrected chi connectivity index (χ0v) is 20.2. The number of rotatable bonds is 4. The van der Waals surface area contributed by atoms with Crippen molar-refractivity contribution in [3.63, 3.8) is 0 Å². The summed E-state index contributed by atoms with van der Waals surface area (Å²) in [6.07, 6.45) is 4.21. The van der Waals surface area contributed by atoms with Crippen molar-refractivity contribution in [2.75, 3.05) is 16.3 Å². The first kappa shape index (κ1) is 23.7. The van der Waals surface area contributed by atoms with Gasteiger partial charge in [0.2, 0.25) is 0 Å². The fourth-order valence-corrected chi connectivity index (χ4v) is 4.62. The van der Waals surface area contributed by atoms with Crippen LogP contribution in [0.5, 0.6) is 0 Å². The highest BCUT2D eigenvalue weighted by Gasteiger charge is 2.37. The molecule has 0 aromatic heterocycles. The largest absolute Gasteiger partial charge is 0.362 e. The lowest BCUT2D eigenvalue weighted by Crippen LogP contribution is -2.54. The molecule has 1 fully saturated rings. The molecule has 4 amide bonds. The molecule has 2 aliphatic heterocycles. The zero-order valence-electron chi connectivity index (χ0n) is 19.4. The van der Waals surface area contributed by atoms with Gasteiger partial charge in [-0.05, 0) is 75.2 Å². The Balaban J connectivity index is 1.78. The predicted octanol–water partition coefficient (Wildman–Crippen LogP) is 5.56. The van der Waals surface area contributed by atoms with Gasteiger partial charge in [0.1, 0.15) is 11.4 Å². The lowest BCUT2D eigenvalue weighted by atomic mass is 9.87. The molecule has 4 rings (SSSR count). The van der Waals surface area contributed by atoms with Gasteiger partial charge in [-0.3, -0.25) is 14.9 Å². The van der Waals surface area contributed by atoms with Gasteiger partial charge < -0.3 is 4.90 Å². The average Bonchev–Trinajstić information content (AvgIpc) is 2.75. The molecule has 0 saturated carbocycles. The molecule has 0 spiro atoms. The summed E-state index contributed by atoms with van der Waals surface area (Å²) >= 11 is 5.90. The van der Waals surface area contributed by atoms with Crippen LogP contribution in [-0.4, -0.2) is 29.9 Å². The van der Waals surface area contributed by atoms with Gasteiger partial charge in [0, 0.05) is 28.4 Å². The molecule has 2 heterocycles. The number of fused-ring (bicyclic) bond motifs is 1. The monoisotopic (exact) mass is 481 g/mol. The Kier molecular flexibility index (Phi) is 6.08. The van der Waals surface area contributed by atoms with Gasteiger partial charge in [0.25, 0.3) is 11.8 Å². The number of allylic oxidation sites excluding steroid dienone is 1. The normalized spacial score (nSPS) is 18.7. The number of hydrogen-bond donors (Lipinski definition) is 1. The van der Waals surface area contributed by atoms with E-state index in [1.165, 1.54) is 36.4 Å². The Bertz CT molecular complexity index is 1260. The Hall–Kier alpha value is -3.45. The van der Waals surface area contributed by atoms with E-state index in [9.17, 15) is 14.4 Å². The fourth-order valence-electron chi connectivity index (χ4n) is 4.50. The zero-order chi connectivity index (χ0) is 24.8. The van der Waals surface area contributed by atoms with Gasteiger partial charge in [0.15, 0.2) is 0 Å². The molecule has 34 heavy (non-hydrogen) atoms. The molecule has 176 valence electrons. The van der Waals surface area contributed by atoms with E-state index in [0.717, 1.165) is 34.7 Å². The summed E-state index contributed by atoms with van der Waals surface area (Å²) in [7, 11) is 0. The van der Waals surface area contributed by atoms with Crippen molar-refractivity contribution >= 4 is 52.5 Å².